The van der Waals surface area contributed by atoms with Crippen LogP contribution >= 0.6 is 0 Å². The van der Waals surface area contributed by atoms with Gasteiger partial charge in [-0.2, -0.15) is 5.10 Å². The van der Waals surface area contributed by atoms with Crippen LogP contribution in [-0.4, -0.2) is 51.8 Å². The highest BCUT2D eigenvalue weighted by Gasteiger charge is 2.32. The molecular weight excluding hydrogens is 340 g/mol. The van der Waals surface area contributed by atoms with E-state index in [9.17, 15) is 9.90 Å². The Labute approximate surface area is 160 Å². The number of aromatic nitrogens is 2. The zero-order chi connectivity index (χ0) is 19.2. The number of benzene rings is 1. The van der Waals surface area contributed by atoms with E-state index >= 15 is 0 Å². The van der Waals surface area contributed by atoms with Gasteiger partial charge in [-0.05, 0) is 25.8 Å². The lowest BCUT2D eigenvalue weighted by atomic mass is 9.93. The van der Waals surface area contributed by atoms with E-state index in [-0.39, 0.29) is 5.91 Å². The van der Waals surface area contributed by atoms with Crippen LogP contribution in [0.1, 0.15) is 28.9 Å². The Hall–Kier alpha value is -2.44. The molecule has 3 N–H and O–H groups in total. The molecule has 0 radical (unpaired) electrons. The van der Waals surface area contributed by atoms with Crippen molar-refractivity contribution < 1.29 is 9.90 Å². The van der Waals surface area contributed by atoms with Crippen LogP contribution < -0.4 is 5.32 Å². The maximum atomic E-state index is 12.6. The zero-order valence-corrected chi connectivity index (χ0v) is 16.0. The summed E-state index contributed by atoms with van der Waals surface area (Å²) >= 11 is 0. The first-order chi connectivity index (χ1) is 13.0. The minimum atomic E-state index is -0.592. The van der Waals surface area contributed by atoms with Crippen molar-refractivity contribution in [3.8, 4) is 0 Å². The molecule has 2 heterocycles. The lowest BCUT2D eigenvalue weighted by Crippen LogP contribution is -2.49. The normalized spacial score (nSPS) is 20.9. The summed E-state index contributed by atoms with van der Waals surface area (Å²) in [5.74, 6) is -0.504. The summed E-state index contributed by atoms with van der Waals surface area (Å²) in [4.78, 5) is 14.8. The molecule has 2 aromatic rings. The van der Waals surface area contributed by atoms with Crippen LogP contribution in [0.4, 0.5) is 0 Å². The first-order valence-corrected chi connectivity index (χ1v) is 9.44. The third-order valence-corrected chi connectivity index (χ3v) is 5.19. The number of amides is 1. The van der Waals surface area contributed by atoms with Gasteiger partial charge in [0, 0.05) is 37.4 Å². The van der Waals surface area contributed by atoms with Crippen molar-refractivity contribution in [3.05, 3.63) is 58.9 Å². The lowest BCUT2D eigenvalue weighted by molar-refractivity contribution is -0.131. The molecule has 1 aliphatic rings. The largest absolute Gasteiger partial charge is 0.392 e. The number of likely N-dealkylation sites (tertiary alicyclic amines) is 1. The number of H-pyrrole nitrogens is 1. The second-order valence-electron chi connectivity index (χ2n) is 7.17. The van der Waals surface area contributed by atoms with Gasteiger partial charge >= 0.3 is 0 Å². The molecule has 0 bridgehead atoms. The Bertz CT molecular complexity index is 765. The van der Waals surface area contributed by atoms with E-state index in [2.05, 4.69) is 44.7 Å². The second-order valence-corrected chi connectivity index (χ2v) is 7.17. The molecule has 6 nitrogen and oxygen atoms in total. The van der Waals surface area contributed by atoms with E-state index in [1.807, 2.05) is 32.0 Å². The number of nitrogens with one attached hydrogen (secondary N) is 2. The number of nitrogens with zero attached hydrogens (tertiary/aromatic N) is 2. The molecule has 0 saturated carbocycles. The van der Waals surface area contributed by atoms with E-state index in [0.717, 1.165) is 35.6 Å². The van der Waals surface area contributed by atoms with Crippen LogP contribution in [0, 0.1) is 19.8 Å². The van der Waals surface area contributed by atoms with E-state index in [0.29, 0.717) is 19.5 Å². The van der Waals surface area contributed by atoms with Gasteiger partial charge in [0.05, 0.1) is 17.7 Å². The molecule has 144 valence electrons. The van der Waals surface area contributed by atoms with Gasteiger partial charge in [0.2, 0.25) is 5.91 Å². The number of aromatic amines is 1. The Balaban J connectivity index is 1.53. The molecule has 6 heteroatoms. The Morgan fingerprint density at radius 3 is 2.85 bits per heavy atom. The first-order valence-electron chi connectivity index (χ1n) is 9.44. The highest BCUT2D eigenvalue weighted by Crippen LogP contribution is 2.18. The van der Waals surface area contributed by atoms with E-state index in [4.69, 9.17) is 0 Å². The topological polar surface area (TPSA) is 81.2 Å². The molecule has 3 rings (SSSR count). The van der Waals surface area contributed by atoms with Crippen molar-refractivity contribution >= 4 is 12.0 Å². The lowest BCUT2D eigenvalue weighted by Gasteiger charge is -2.34. The van der Waals surface area contributed by atoms with Crippen molar-refractivity contribution in [2.45, 2.75) is 32.9 Å². The number of rotatable bonds is 6. The average Bonchev–Trinajstić information content (AvgIpc) is 3.00. The molecule has 0 spiro atoms. The van der Waals surface area contributed by atoms with Crippen LogP contribution in [0.3, 0.4) is 0 Å². The van der Waals surface area contributed by atoms with Crippen LogP contribution in [0.15, 0.2) is 36.4 Å². The highest BCUT2D eigenvalue weighted by atomic mass is 16.3. The standard InChI is InChI=1S/C21H28N4O2/c1-15-18(16(2)24-23-15)13-22-21(27)19-14-25(12-10-20(19)26)11-6-9-17-7-4-3-5-8-17/h3-9,19-20,26H,10-14H2,1-2H3,(H,22,27)(H,23,24)/b9-6+/t19-,20+/m0/s1. The van der Waals surface area contributed by atoms with Gasteiger partial charge in [0.25, 0.3) is 0 Å². The molecule has 0 unspecified atom stereocenters. The highest BCUT2D eigenvalue weighted by molar-refractivity contribution is 5.79. The molecule has 1 aromatic heterocycles. The fourth-order valence-electron chi connectivity index (χ4n) is 3.47. The SMILES string of the molecule is Cc1n[nH]c(C)c1CNC(=O)[C@H]1CN(C/C=C/c2ccccc2)CC[C@H]1O. The van der Waals surface area contributed by atoms with Gasteiger partial charge in [-0.25, -0.2) is 0 Å². The molecule has 0 aliphatic carbocycles. The zero-order valence-electron chi connectivity index (χ0n) is 16.0. The van der Waals surface area contributed by atoms with E-state index in [1.165, 1.54) is 0 Å². The van der Waals surface area contributed by atoms with Gasteiger partial charge in [-0.3, -0.25) is 14.8 Å². The van der Waals surface area contributed by atoms with Crippen LogP contribution in [0.2, 0.25) is 0 Å². The summed E-state index contributed by atoms with van der Waals surface area (Å²) < 4.78 is 0. The Kier molecular flexibility index (Phi) is 6.42. The van der Waals surface area contributed by atoms with Crippen molar-refractivity contribution in [3.63, 3.8) is 0 Å². The van der Waals surface area contributed by atoms with Gasteiger partial charge in [-0.15, -0.1) is 0 Å². The summed E-state index contributed by atoms with van der Waals surface area (Å²) in [6.07, 6.45) is 4.22. The predicted molar refractivity (Wildman–Crippen MR) is 106 cm³/mol. The van der Waals surface area contributed by atoms with Crippen molar-refractivity contribution in [2.75, 3.05) is 19.6 Å². The smallest absolute Gasteiger partial charge is 0.227 e. The minimum Gasteiger partial charge on any atom is -0.392 e. The van der Waals surface area contributed by atoms with Crippen molar-refractivity contribution in [2.24, 2.45) is 5.92 Å². The van der Waals surface area contributed by atoms with Crippen LogP contribution in [0.5, 0.6) is 0 Å². The fraction of sp³-hybridized carbons (Fsp3) is 0.429. The number of aliphatic hydroxyl groups excluding tert-OH is 1. The maximum Gasteiger partial charge on any atom is 0.227 e. The molecule has 1 aliphatic heterocycles. The number of hydrogen-bond acceptors (Lipinski definition) is 4. The third kappa shape index (κ3) is 5.05. The second kappa shape index (κ2) is 8.97. The Morgan fingerprint density at radius 2 is 2.15 bits per heavy atom. The average molecular weight is 368 g/mol. The fourth-order valence-corrected chi connectivity index (χ4v) is 3.47. The molecule has 2 atom stereocenters. The maximum absolute atomic E-state index is 12.6. The monoisotopic (exact) mass is 368 g/mol. The number of carbonyl (C=O) groups is 1. The molecule has 1 fully saturated rings. The van der Waals surface area contributed by atoms with Gasteiger partial charge < -0.3 is 10.4 Å². The summed E-state index contributed by atoms with van der Waals surface area (Å²) in [7, 11) is 0. The molecule has 27 heavy (non-hydrogen) atoms. The predicted octanol–water partition coefficient (Wildman–Crippen LogP) is 2.04. The summed E-state index contributed by atoms with van der Waals surface area (Å²) in [6.45, 7) is 6.42. The molecular formula is C21H28N4O2. The van der Waals surface area contributed by atoms with Gasteiger partial charge in [-0.1, -0.05) is 42.5 Å². The minimum absolute atomic E-state index is 0.0979. The molecule has 1 amide bonds. The van der Waals surface area contributed by atoms with Crippen LogP contribution in [-0.2, 0) is 11.3 Å². The van der Waals surface area contributed by atoms with E-state index < -0.39 is 12.0 Å². The Morgan fingerprint density at radius 1 is 1.37 bits per heavy atom. The van der Waals surface area contributed by atoms with Gasteiger partial charge in [0.1, 0.15) is 0 Å². The summed E-state index contributed by atoms with van der Waals surface area (Å²) in [5.41, 5.74) is 4.03. The molecule has 1 aromatic carbocycles. The van der Waals surface area contributed by atoms with Gasteiger partial charge in [0.15, 0.2) is 0 Å². The van der Waals surface area contributed by atoms with Crippen molar-refractivity contribution in [1.29, 1.82) is 0 Å². The number of piperidine rings is 1. The summed E-state index contributed by atoms with van der Waals surface area (Å²) in [6, 6.07) is 10.2. The number of hydrogen-bond donors (Lipinski definition) is 3. The summed E-state index contributed by atoms with van der Waals surface area (Å²) in [5, 5.41) is 20.3. The number of aliphatic hydroxyl groups is 1. The molecule has 1 saturated heterocycles. The van der Waals surface area contributed by atoms with Crippen LogP contribution in [0.25, 0.3) is 6.08 Å². The number of aryl methyl sites for hydroxylation is 2. The third-order valence-electron chi connectivity index (χ3n) is 5.19. The first kappa shape index (κ1) is 19.3. The number of carbonyl (C=O) groups excluding carboxylic acids is 1. The quantitative estimate of drug-likeness (QED) is 0.729. The van der Waals surface area contributed by atoms with E-state index in [1.54, 1.807) is 0 Å². The van der Waals surface area contributed by atoms with Crippen molar-refractivity contribution in [1.82, 2.24) is 20.4 Å².